The number of nitrogens with one attached hydrogen (secondary N) is 2. The van der Waals surface area contributed by atoms with Crippen LogP contribution in [0.3, 0.4) is 0 Å². The molecule has 1 aromatic carbocycles. The van der Waals surface area contributed by atoms with E-state index >= 15 is 0 Å². The van der Waals surface area contributed by atoms with Gasteiger partial charge in [0.15, 0.2) is 5.96 Å². The number of aliphatic imine (C=N–C) groups is 1. The maximum absolute atomic E-state index is 12.4. The number of hydrogen-bond acceptors (Lipinski definition) is 4. The van der Waals surface area contributed by atoms with Crippen LogP contribution in [0.25, 0.3) is 0 Å². The molecule has 1 aliphatic heterocycles. The first kappa shape index (κ1) is 21.9. The second-order valence-electron chi connectivity index (χ2n) is 7.17. The molecule has 1 amide bonds. The zero-order chi connectivity index (χ0) is 20.4. The van der Waals surface area contributed by atoms with Crippen LogP contribution in [0.4, 0.5) is 0 Å². The topological polar surface area (TPSA) is 75.2 Å². The number of benzene rings is 1. The second-order valence-corrected chi connectivity index (χ2v) is 7.17. The second kappa shape index (κ2) is 11.4. The van der Waals surface area contributed by atoms with Crippen molar-refractivity contribution in [1.29, 1.82) is 0 Å². The molecule has 28 heavy (non-hydrogen) atoms. The predicted octanol–water partition coefficient (Wildman–Crippen LogP) is 2.42. The lowest BCUT2D eigenvalue weighted by Crippen LogP contribution is -2.45. The van der Waals surface area contributed by atoms with Gasteiger partial charge in [0.05, 0.1) is 13.7 Å². The molecule has 1 aromatic rings. The molecule has 2 N–H and O–H groups in total. The van der Waals surface area contributed by atoms with E-state index in [1.54, 1.807) is 14.2 Å². The van der Waals surface area contributed by atoms with Gasteiger partial charge in [-0.3, -0.25) is 9.79 Å². The number of rotatable bonds is 8. The Balaban J connectivity index is 1.69. The van der Waals surface area contributed by atoms with Gasteiger partial charge in [-0.2, -0.15) is 0 Å². The van der Waals surface area contributed by atoms with Crippen molar-refractivity contribution in [3.05, 3.63) is 24.3 Å². The number of amides is 1. The van der Waals surface area contributed by atoms with E-state index in [4.69, 9.17) is 9.47 Å². The van der Waals surface area contributed by atoms with Crippen LogP contribution in [0.1, 0.15) is 39.5 Å². The van der Waals surface area contributed by atoms with Gasteiger partial charge in [0.2, 0.25) is 5.91 Å². The van der Waals surface area contributed by atoms with Crippen molar-refractivity contribution in [2.24, 2.45) is 4.99 Å². The summed E-state index contributed by atoms with van der Waals surface area (Å²) in [5.74, 6) is 2.41. The first-order chi connectivity index (χ1) is 13.5. The molecular weight excluding hydrogens is 356 g/mol. The number of nitrogens with zero attached hydrogens (tertiary/aromatic N) is 2. The van der Waals surface area contributed by atoms with Gasteiger partial charge in [0.1, 0.15) is 17.6 Å². The minimum absolute atomic E-state index is 0.0542. The average Bonchev–Trinajstić information content (AvgIpc) is 2.70. The number of methoxy groups -OCH3 is 1. The first-order valence-electron chi connectivity index (χ1n) is 10.1. The Hall–Kier alpha value is -2.44. The van der Waals surface area contributed by atoms with E-state index in [2.05, 4.69) is 22.5 Å². The Morgan fingerprint density at radius 2 is 2.11 bits per heavy atom. The molecule has 0 radical (unpaired) electrons. The van der Waals surface area contributed by atoms with Gasteiger partial charge in [0, 0.05) is 38.7 Å². The first-order valence-corrected chi connectivity index (χ1v) is 10.1. The summed E-state index contributed by atoms with van der Waals surface area (Å²) in [5, 5.41) is 6.45. The number of guanidine groups is 1. The van der Waals surface area contributed by atoms with Crippen LogP contribution >= 0.6 is 0 Å². The van der Waals surface area contributed by atoms with Crippen molar-refractivity contribution >= 4 is 11.9 Å². The lowest BCUT2D eigenvalue weighted by Gasteiger charge is -2.33. The van der Waals surface area contributed by atoms with Crippen LogP contribution in [-0.2, 0) is 4.79 Å². The zero-order valence-electron chi connectivity index (χ0n) is 17.5. The van der Waals surface area contributed by atoms with E-state index in [0.717, 1.165) is 30.9 Å². The van der Waals surface area contributed by atoms with Crippen molar-refractivity contribution < 1.29 is 14.3 Å². The predicted molar refractivity (Wildman–Crippen MR) is 112 cm³/mol. The third-order valence-electron chi connectivity index (χ3n) is 4.91. The molecular formula is C21H34N4O3. The molecule has 1 saturated heterocycles. The Morgan fingerprint density at radius 3 is 2.82 bits per heavy atom. The van der Waals surface area contributed by atoms with E-state index in [1.165, 1.54) is 6.42 Å². The zero-order valence-corrected chi connectivity index (χ0v) is 17.5. The van der Waals surface area contributed by atoms with Gasteiger partial charge < -0.3 is 25.0 Å². The Kier molecular flexibility index (Phi) is 8.91. The minimum atomic E-state index is -0.0542. The molecule has 7 heteroatoms. The van der Waals surface area contributed by atoms with Crippen molar-refractivity contribution in [1.82, 2.24) is 15.5 Å². The van der Waals surface area contributed by atoms with Crippen LogP contribution in [0.15, 0.2) is 29.3 Å². The minimum Gasteiger partial charge on any atom is -0.497 e. The van der Waals surface area contributed by atoms with E-state index in [0.29, 0.717) is 31.5 Å². The summed E-state index contributed by atoms with van der Waals surface area (Å²) in [6.45, 7) is 6.16. The quantitative estimate of drug-likeness (QED) is 0.527. The maximum atomic E-state index is 12.4. The van der Waals surface area contributed by atoms with Crippen LogP contribution < -0.4 is 20.1 Å². The van der Waals surface area contributed by atoms with Gasteiger partial charge in [-0.25, -0.2) is 0 Å². The van der Waals surface area contributed by atoms with Crippen LogP contribution in [-0.4, -0.2) is 62.7 Å². The molecule has 0 saturated carbocycles. The third kappa shape index (κ3) is 6.94. The lowest BCUT2D eigenvalue weighted by atomic mass is 10.0. The van der Waals surface area contributed by atoms with E-state index < -0.39 is 0 Å². The number of piperidine rings is 1. The molecule has 156 valence electrons. The number of ether oxygens (including phenoxy) is 2. The molecule has 0 aromatic heterocycles. The van der Waals surface area contributed by atoms with Crippen molar-refractivity contribution in [3.63, 3.8) is 0 Å². The number of carbonyl (C=O) groups excluding carboxylic acids is 1. The summed E-state index contributed by atoms with van der Waals surface area (Å²) in [6.07, 6.45) is 3.85. The van der Waals surface area contributed by atoms with Crippen molar-refractivity contribution in [3.8, 4) is 11.5 Å². The molecule has 0 spiro atoms. The highest BCUT2D eigenvalue weighted by Gasteiger charge is 2.22. The molecule has 1 heterocycles. The molecule has 2 rings (SSSR count). The Labute approximate surface area is 168 Å². The smallest absolute Gasteiger partial charge is 0.224 e. The van der Waals surface area contributed by atoms with Crippen LogP contribution in [0, 0.1) is 0 Å². The summed E-state index contributed by atoms with van der Waals surface area (Å²) in [5.41, 5.74) is 0. The van der Waals surface area contributed by atoms with Crippen LogP contribution in [0.5, 0.6) is 11.5 Å². The molecule has 2 atom stereocenters. The summed E-state index contributed by atoms with van der Waals surface area (Å²) < 4.78 is 11.1. The molecule has 0 bridgehead atoms. The van der Waals surface area contributed by atoms with Gasteiger partial charge in [-0.1, -0.05) is 6.07 Å². The van der Waals surface area contributed by atoms with Gasteiger partial charge >= 0.3 is 0 Å². The normalized spacial score (nSPS) is 18.4. The van der Waals surface area contributed by atoms with Gasteiger partial charge in [0.25, 0.3) is 0 Å². The summed E-state index contributed by atoms with van der Waals surface area (Å²) >= 11 is 0. The monoisotopic (exact) mass is 390 g/mol. The molecule has 1 aliphatic rings. The Bertz CT molecular complexity index is 650. The fraction of sp³-hybridized carbons (Fsp3) is 0.619. The summed E-state index contributed by atoms with van der Waals surface area (Å²) in [7, 11) is 3.36. The van der Waals surface area contributed by atoms with Crippen molar-refractivity contribution in [2.75, 3.05) is 33.8 Å². The number of hydrogen-bond donors (Lipinski definition) is 2. The highest BCUT2D eigenvalue weighted by molar-refractivity contribution is 5.81. The fourth-order valence-corrected chi connectivity index (χ4v) is 3.31. The lowest BCUT2D eigenvalue weighted by molar-refractivity contribution is -0.134. The SMILES string of the molecule is CN=C(NCCC(=O)N1CCCCC1C)NCC(C)Oc1cccc(OC)c1. The van der Waals surface area contributed by atoms with E-state index in [9.17, 15) is 4.79 Å². The molecule has 0 aliphatic carbocycles. The summed E-state index contributed by atoms with van der Waals surface area (Å²) in [4.78, 5) is 18.6. The van der Waals surface area contributed by atoms with Gasteiger partial charge in [-0.05, 0) is 45.2 Å². The largest absolute Gasteiger partial charge is 0.497 e. The standard InChI is InChI=1S/C21H34N4O3/c1-16-8-5-6-13-25(16)20(26)11-12-23-21(22-3)24-15-17(2)28-19-10-7-9-18(14-19)27-4/h7,9-10,14,16-17H,5-6,8,11-13,15H2,1-4H3,(H2,22,23,24). The fourth-order valence-electron chi connectivity index (χ4n) is 3.31. The highest BCUT2D eigenvalue weighted by Crippen LogP contribution is 2.20. The third-order valence-corrected chi connectivity index (χ3v) is 4.91. The van der Waals surface area contributed by atoms with Gasteiger partial charge in [-0.15, -0.1) is 0 Å². The highest BCUT2D eigenvalue weighted by atomic mass is 16.5. The van der Waals surface area contributed by atoms with Crippen molar-refractivity contribution in [2.45, 2.75) is 51.7 Å². The maximum Gasteiger partial charge on any atom is 0.224 e. The van der Waals surface area contributed by atoms with E-state index in [1.807, 2.05) is 36.1 Å². The van der Waals surface area contributed by atoms with E-state index in [-0.39, 0.29) is 12.0 Å². The molecule has 7 nitrogen and oxygen atoms in total. The number of likely N-dealkylation sites (tertiary alicyclic amines) is 1. The summed E-state index contributed by atoms with van der Waals surface area (Å²) in [6, 6.07) is 7.90. The molecule has 1 fully saturated rings. The number of carbonyl (C=O) groups is 1. The molecule has 2 unspecified atom stereocenters. The average molecular weight is 391 g/mol. The Morgan fingerprint density at radius 1 is 1.32 bits per heavy atom. The van der Waals surface area contributed by atoms with Crippen LogP contribution in [0.2, 0.25) is 0 Å².